The Morgan fingerprint density at radius 1 is 1.16 bits per heavy atom. The number of hydrogen-bond acceptors (Lipinski definition) is 7. The number of aryl methyl sites for hydroxylation is 1. The second-order valence-electron chi connectivity index (χ2n) is 12.5. The second-order valence-corrected chi connectivity index (χ2v) is 13.6. The van der Waals surface area contributed by atoms with Crippen LogP contribution in [0.15, 0.2) is 53.6 Å². The molecule has 2 aromatic carbocycles. The summed E-state index contributed by atoms with van der Waals surface area (Å²) < 4.78 is 5.95. The van der Waals surface area contributed by atoms with Gasteiger partial charge in [-0.3, -0.25) is 14.2 Å². The van der Waals surface area contributed by atoms with E-state index in [-0.39, 0.29) is 29.4 Å². The van der Waals surface area contributed by atoms with Crippen molar-refractivity contribution in [2.24, 2.45) is 5.92 Å². The van der Waals surface area contributed by atoms with Gasteiger partial charge in [-0.25, -0.2) is 4.98 Å². The highest BCUT2D eigenvalue weighted by atomic mass is 35.5. The minimum atomic E-state index is -1.10. The molecule has 10 heteroatoms. The zero-order valence-corrected chi connectivity index (χ0v) is 25.8. The molecule has 43 heavy (non-hydrogen) atoms. The van der Waals surface area contributed by atoms with E-state index >= 15 is 0 Å². The van der Waals surface area contributed by atoms with E-state index in [1.807, 2.05) is 36.2 Å². The lowest BCUT2D eigenvalue weighted by molar-refractivity contribution is -0.136. The molecule has 2 atom stereocenters. The standard InChI is InChI=1S/C33H36ClN5O3S/c1-35-27-10-9-22-15-25(26(34)16-24(22)27)31-29-30(37-43-31)32(41)39(19-36-29)18-33(42)11-13-38(14-12-33)28(40)17-23(21-7-8-21)20-5-3-2-4-6-20/h2-6,15-16,19,21,23,27,35,42H,7-14,17-18H2,1H3. The van der Waals surface area contributed by atoms with Crippen LogP contribution in [0, 0.1) is 5.92 Å². The van der Waals surface area contributed by atoms with Crippen molar-refractivity contribution in [2.75, 3.05) is 20.1 Å². The fraction of sp³-hybridized carbons (Fsp3) is 0.455. The fourth-order valence-electron chi connectivity index (χ4n) is 6.97. The summed E-state index contributed by atoms with van der Waals surface area (Å²) in [6.07, 6.45) is 7.18. The number of benzene rings is 2. The Bertz CT molecular complexity index is 1730. The quantitative estimate of drug-likeness (QED) is 0.278. The van der Waals surface area contributed by atoms with Gasteiger partial charge in [0.05, 0.1) is 23.4 Å². The first-order valence-corrected chi connectivity index (χ1v) is 16.4. The maximum Gasteiger partial charge on any atom is 0.281 e. The summed E-state index contributed by atoms with van der Waals surface area (Å²) in [7, 11) is 1.96. The predicted octanol–water partition coefficient (Wildman–Crippen LogP) is 5.32. The van der Waals surface area contributed by atoms with E-state index in [0.29, 0.717) is 54.9 Å². The number of aliphatic hydroxyl groups is 1. The molecule has 0 spiro atoms. The minimum absolute atomic E-state index is 0.114. The number of nitrogens with zero attached hydrogens (tertiary/aromatic N) is 4. The number of rotatable bonds is 8. The first-order valence-electron chi connectivity index (χ1n) is 15.2. The molecule has 2 fully saturated rings. The van der Waals surface area contributed by atoms with Crippen molar-refractivity contribution < 1.29 is 9.90 Å². The predicted molar refractivity (Wildman–Crippen MR) is 170 cm³/mol. The number of halogens is 1. The van der Waals surface area contributed by atoms with E-state index in [9.17, 15) is 14.7 Å². The van der Waals surface area contributed by atoms with Gasteiger partial charge >= 0.3 is 0 Å². The van der Waals surface area contributed by atoms with Crippen LogP contribution in [0.3, 0.4) is 0 Å². The monoisotopic (exact) mass is 617 g/mol. The molecule has 2 aliphatic carbocycles. The average molecular weight is 618 g/mol. The SMILES string of the molecule is CNC1CCc2cc(-c3snc4c(=O)n(CC5(O)CCN(C(=O)CC(c6ccccc6)C6CC6)CC5)cnc34)c(Cl)cc21. The van der Waals surface area contributed by atoms with E-state index in [1.54, 1.807) is 0 Å². The van der Waals surface area contributed by atoms with Crippen LogP contribution >= 0.6 is 23.1 Å². The van der Waals surface area contributed by atoms with Gasteiger partial charge in [0.15, 0.2) is 5.52 Å². The molecular weight excluding hydrogens is 582 g/mol. The molecule has 3 aliphatic rings. The van der Waals surface area contributed by atoms with Crippen molar-refractivity contribution in [1.29, 1.82) is 0 Å². The first-order chi connectivity index (χ1) is 20.8. The largest absolute Gasteiger partial charge is 0.388 e. The van der Waals surface area contributed by atoms with Gasteiger partial charge in [0, 0.05) is 36.1 Å². The fourth-order valence-corrected chi connectivity index (χ4v) is 8.15. The average Bonchev–Trinajstić information content (AvgIpc) is 3.64. The number of hydrogen-bond donors (Lipinski definition) is 2. The third kappa shape index (κ3) is 5.52. The van der Waals surface area contributed by atoms with Crippen LogP contribution in [-0.4, -0.2) is 55.6 Å². The van der Waals surface area contributed by atoms with E-state index in [4.69, 9.17) is 11.6 Å². The number of aromatic nitrogens is 3. The highest BCUT2D eigenvalue weighted by Gasteiger charge is 2.38. The van der Waals surface area contributed by atoms with Crippen LogP contribution in [0.25, 0.3) is 21.5 Å². The Morgan fingerprint density at radius 3 is 2.65 bits per heavy atom. The molecular formula is C33H36ClN5O3S. The van der Waals surface area contributed by atoms with Gasteiger partial charge in [-0.2, -0.15) is 4.37 Å². The van der Waals surface area contributed by atoms with Crippen LogP contribution in [-0.2, 0) is 17.8 Å². The number of carbonyl (C=O) groups excluding carboxylic acids is 1. The number of nitrogens with one attached hydrogen (secondary N) is 1. The molecule has 1 saturated heterocycles. The highest BCUT2D eigenvalue weighted by molar-refractivity contribution is 7.11. The summed E-state index contributed by atoms with van der Waals surface area (Å²) in [5.74, 6) is 0.980. The molecule has 0 bridgehead atoms. The molecule has 1 aliphatic heterocycles. The third-order valence-corrected chi connectivity index (χ3v) is 10.9. The van der Waals surface area contributed by atoms with E-state index < -0.39 is 5.60 Å². The highest BCUT2D eigenvalue weighted by Crippen LogP contribution is 2.45. The lowest BCUT2D eigenvalue weighted by Crippen LogP contribution is -2.49. The van der Waals surface area contributed by atoms with E-state index in [2.05, 4.69) is 32.9 Å². The van der Waals surface area contributed by atoms with Crippen LogP contribution < -0.4 is 10.9 Å². The molecule has 7 rings (SSSR count). The summed E-state index contributed by atoms with van der Waals surface area (Å²) in [6.45, 7) is 1.05. The Morgan fingerprint density at radius 2 is 1.93 bits per heavy atom. The number of likely N-dealkylation sites (tertiary alicyclic amines) is 1. The number of fused-ring (bicyclic) bond motifs is 2. The smallest absolute Gasteiger partial charge is 0.281 e. The second kappa shape index (κ2) is 11.4. The van der Waals surface area contributed by atoms with Crippen molar-refractivity contribution in [3.8, 4) is 10.4 Å². The van der Waals surface area contributed by atoms with Crippen LogP contribution in [0.1, 0.15) is 67.2 Å². The van der Waals surface area contributed by atoms with Crippen molar-refractivity contribution in [3.05, 3.63) is 80.9 Å². The van der Waals surface area contributed by atoms with Crippen molar-refractivity contribution in [3.63, 3.8) is 0 Å². The van der Waals surface area contributed by atoms with Crippen molar-refractivity contribution in [2.45, 2.75) is 69.1 Å². The summed E-state index contributed by atoms with van der Waals surface area (Å²) in [6, 6.07) is 14.8. The summed E-state index contributed by atoms with van der Waals surface area (Å²) in [4.78, 5) is 34.1. The molecule has 2 aromatic heterocycles. The molecule has 4 aromatic rings. The van der Waals surface area contributed by atoms with E-state index in [0.717, 1.165) is 23.3 Å². The summed E-state index contributed by atoms with van der Waals surface area (Å²) >= 11 is 7.96. The van der Waals surface area contributed by atoms with Crippen molar-refractivity contribution in [1.82, 2.24) is 24.1 Å². The molecule has 3 heterocycles. The van der Waals surface area contributed by atoms with Gasteiger partial charge in [-0.15, -0.1) is 0 Å². The maximum absolute atomic E-state index is 13.5. The Kier molecular flexibility index (Phi) is 7.62. The molecule has 1 saturated carbocycles. The molecule has 0 radical (unpaired) electrons. The van der Waals surface area contributed by atoms with Gasteiger partial charge in [0.25, 0.3) is 5.56 Å². The van der Waals surface area contributed by atoms with Gasteiger partial charge in [0.2, 0.25) is 5.91 Å². The summed E-state index contributed by atoms with van der Waals surface area (Å²) in [5.41, 5.74) is 4.01. The van der Waals surface area contributed by atoms with Gasteiger partial charge in [-0.05, 0) is 97.8 Å². The zero-order chi connectivity index (χ0) is 29.7. The summed E-state index contributed by atoms with van der Waals surface area (Å²) in [5, 5.41) is 15.4. The Labute approximate surface area is 259 Å². The number of carbonyl (C=O) groups is 1. The van der Waals surface area contributed by atoms with E-state index in [1.165, 1.54) is 52.0 Å². The number of piperidine rings is 1. The topological polar surface area (TPSA) is 100 Å². The Hall–Kier alpha value is -3.11. The van der Waals surface area contributed by atoms with Crippen LogP contribution in [0.4, 0.5) is 0 Å². The molecule has 224 valence electrons. The third-order valence-electron chi connectivity index (χ3n) is 9.68. The molecule has 2 N–H and O–H groups in total. The van der Waals surface area contributed by atoms with Gasteiger partial charge in [0.1, 0.15) is 5.52 Å². The van der Waals surface area contributed by atoms with Crippen LogP contribution in [0.5, 0.6) is 0 Å². The molecule has 2 unspecified atom stereocenters. The van der Waals surface area contributed by atoms with Gasteiger partial charge < -0.3 is 15.3 Å². The maximum atomic E-state index is 13.5. The lowest BCUT2D eigenvalue weighted by Gasteiger charge is -2.38. The molecule has 8 nitrogen and oxygen atoms in total. The van der Waals surface area contributed by atoms with Gasteiger partial charge in [-0.1, -0.05) is 41.9 Å². The normalized spacial score (nSPS) is 20.3. The number of amides is 1. The zero-order valence-electron chi connectivity index (χ0n) is 24.3. The lowest BCUT2D eigenvalue weighted by atomic mass is 9.88. The Balaban J connectivity index is 1.04. The van der Waals surface area contributed by atoms with Crippen LogP contribution in [0.2, 0.25) is 5.02 Å². The molecule has 1 amide bonds. The first kappa shape index (κ1) is 28.6. The van der Waals surface area contributed by atoms with Crippen molar-refractivity contribution >= 4 is 40.1 Å². The minimum Gasteiger partial charge on any atom is -0.388 e.